The van der Waals surface area contributed by atoms with Gasteiger partial charge in [-0.2, -0.15) is 0 Å². The normalized spacial score (nSPS) is 20.8. The van der Waals surface area contributed by atoms with E-state index in [9.17, 15) is 13.2 Å². The van der Waals surface area contributed by atoms with E-state index in [1.54, 1.807) is 36.4 Å². The second kappa shape index (κ2) is 9.39. The van der Waals surface area contributed by atoms with Crippen LogP contribution in [0.1, 0.15) is 46.5 Å². The minimum Gasteiger partial charge on any atom is -0.444 e. The molecule has 0 bridgehead atoms. The third-order valence-electron chi connectivity index (χ3n) is 7.01. The van der Waals surface area contributed by atoms with Crippen LogP contribution < -0.4 is 4.90 Å². The molecule has 0 spiro atoms. The minimum absolute atomic E-state index is 0.0790. The molecule has 2 aromatic carbocycles. The summed E-state index contributed by atoms with van der Waals surface area (Å²) in [5.41, 5.74) is 1.23. The molecule has 2 aliphatic rings. The molecule has 36 heavy (non-hydrogen) atoms. The molecule has 3 heterocycles. The van der Waals surface area contributed by atoms with Gasteiger partial charge in [0.2, 0.25) is 9.84 Å². The van der Waals surface area contributed by atoms with E-state index >= 15 is 0 Å². The zero-order valence-electron chi connectivity index (χ0n) is 21.1. The lowest BCUT2D eigenvalue weighted by atomic mass is 9.87. The van der Waals surface area contributed by atoms with Crippen LogP contribution in [-0.4, -0.2) is 55.2 Å². The summed E-state index contributed by atoms with van der Waals surface area (Å²) in [5, 5.41) is 0.784. The number of benzene rings is 2. The molecule has 7 nitrogen and oxygen atoms in total. The van der Waals surface area contributed by atoms with Crippen molar-refractivity contribution in [1.82, 2.24) is 9.88 Å². The maximum atomic E-state index is 13.2. The summed E-state index contributed by atoms with van der Waals surface area (Å²) < 4.78 is 32.0. The summed E-state index contributed by atoms with van der Waals surface area (Å²) in [5.74, 6) is 0. The summed E-state index contributed by atoms with van der Waals surface area (Å²) in [7, 11) is -3.65. The molecular formula is C28H33N3O4S. The van der Waals surface area contributed by atoms with E-state index in [4.69, 9.17) is 4.74 Å². The van der Waals surface area contributed by atoms with Gasteiger partial charge in [-0.05, 0) is 70.7 Å². The van der Waals surface area contributed by atoms with Crippen molar-refractivity contribution >= 4 is 32.5 Å². The van der Waals surface area contributed by atoms with Gasteiger partial charge in [-0.25, -0.2) is 13.2 Å². The number of nitrogens with zero attached hydrogens (tertiary/aromatic N) is 3. The lowest BCUT2D eigenvalue weighted by molar-refractivity contribution is 0.00277. The molecule has 3 aromatic rings. The number of amides is 1. The van der Waals surface area contributed by atoms with Crippen LogP contribution in [0.4, 0.5) is 10.5 Å². The molecule has 2 aliphatic heterocycles. The van der Waals surface area contributed by atoms with Crippen LogP contribution in [0, 0.1) is 0 Å². The SMILES string of the molecule is CC(C)(C)OC(=O)N1CCCC2C1CCCN2c1cccc2cc(S(=O)(=O)c3ccccc3)cnc12. The summed E-state index contributed by atoms with van der Waals surface area (Å²) in [6.45, 7) is 7.27. The number of para-hydroxylation sites is 1. The molecular weight excluding hydrogens is 474 g/mol. The zero-order chi connectivity index (χ0) is 25.5. The highest BCUT2D eigenvalue weighted by Crippen LogP contribution is 2.37. The number of likely N-dealkylation sites (tertiary alicyclic amines) is 1. The molecule has 0 saturated carbocycles. The first-order valence-corrected chi connectivity index (χ1v) is 14.1. The first kappa shape index (κ1) is 24.6. The number of ether oxygens (including phenoxy) is 1. The van der Waals surface area contributed by atoms with Crippen molar-refractivity contribution in [1.29, 1.82) is 0 Å². The quantitative estimate of drug-likeness (QED) is 0.470. The number of rotatable bonds is 3. The van der Waals surface area contributed by atoms with E-state index in [-0.39, 0.29) is 28.0 Å². The number of pyridine rings is 1. The topological polar surface area (TPSA) is 79.8 Å². The highest BCUT2D eigenvalue weighted by Gasteiger charge is 2.41. The van der Waals surface area contributed by atoms with Gasteiger partial charge in [0.05, 0.1) is 27.0 Å². The number of carbonyl (C=O) groups is 1. The van der Waals surface area contributed by atoms with Crippen LogP contribution in [0.5, 0.6) is 0 Å². The lowest BCUT2D eigenvalue weighted by Crippen LogP contribution is -2.60. The lowest BCUT2D eigenvalue weighted by Gasteiger charge is -2.50. The number of fused-ring (bicyclic) bond motifs is 2. The third kappa shape index (κ3) is 4.66. The molecule has 8 heteroatoms. The highest BCUT2D eigenvalue weighted by atomic mass is 32.2. The number of piperidine rings is 2. The van der Waals surface area contributed by atoms with Crippen LogP contribution in [-0.2, 0) is 14.6 Å². The average Bonchev–Trinajstić information content (AvgIpc) is 2.87. The summed E-state index contributed by atoms with van der Waals surface area (Å²) in [6, 6.07) is 16.3. The van der Waals surface area contributed by atoms with E-state index in [0.717, 1.165) is 48.8 Å². The molecule has 2 fully saturated rings. The smallest absolute Gasteiger partial charge is 0.410 e. The van der Waals surface area contributed by atoms with Crippen molar-refractivity contribution in [3.8, 4) is 0 Å². The van der Waals surface area contributed by atoms with Crippen LogP contribution in [0.25, 0.3) is 10.9 Å². The van der Waals surface area contributed by atoms with Crippen LogP contribution in [0.3, 0.4) is 0 Å². The number of hydrogen-bond donors (Lipinski definition) is 0. The maximum Gasteiger partial charge on any atom is 0.410 e. The van der Waals surface area contributed by atoms with Gasteiger partial charge >= 0.3 is 6.09 Å². The summed E-state index contributed by atoms with van der Waals surface area (Å²) in [4.78, 5) is 22.4. The van der Waals surface area contributed by atoms with Crippen molar-refractivity contribution in [2.45, 2.75) is 73.9 Å². The predicted octanol–water partition coefficient (Wildman–Crippen LogP) is 5.44. The number of carbonyl (C=O) groups excluding carboxylic acids is 1. The van der Waals surface area contributed by atoms with Crippen LogP contribution in [0.2, 0.25) is 0 Å². The van der Waals surface area contributed by atoms with Gasteiger partial charge in [-0.1, -0.05) is 30.3 Å². The van der Waals surface area contributed by atoms with Crippen molar-refractivity contribution < 1.29 is 17.9 Å². The first-order chi connectivity index (χ1) is 17.1. The standard InChI is InChI=1S/C28H33N3O4S/c1-28(2,3)35-27(32)31-17-9-14-23-24(31)15-8-16-30(23)25-13-7-10-20-18-22(19-29-26(20)25)36(33,34)21-11-5-4-6-12-21/h4-7,10-13,18-19,23-24H,8-9,14-17H2,1-3H3. The van der Waals surface area contributed by atoms with E-state index < -0.39 is 15.4 Å². The van der Waals surface area contributed by atoms with Crippen molar-refractivity contribution in [3.63, 3.8) is 0 Å². The van der Waals surface area contributed by atoms with Crippen LogP contribution >= 0.6 is 0 Å². The van der Waals surface area contributed by atoms with Crippen LogP contribution in [0.15, 0.2) is 70.6 Å². The van der Waals surface area contributed by atoms with Crippen molar-refractivity contribution in [3.05, 3.63) is 60.8 Å². The number of anilines is 1. The van der Waals surface area contributed by atoms with Gasteiger partial charge in [0.15, 0.2) is 0 Å². The number of aromatic nitrogens is 1. The largest absolute Gasteiger partial charge is 0.444 e. The van der Waals surface area contributed by atoms with E-state index in [1.165, 1.54) is 6.20 Å². The molecule has 2 unspecified atom stereocenters. The fraction of sp³-hybridized carbons (Fsp3) is 0.429. The molecule has 190 valence electrons. The summed E-state index contributed by atoms with van der Waals surface area (Å²) in [6.07, 6.45) is 5.01. The van der Waals surface area contributed by atoms with Gasteiger partial charge in [0.25, 0.3) is 0 Å². The Morgan fingerprint density at radius 2 is 1.67 bits per heavy atom. The third-order valence-corrected chi connectivity index (χ3v) is 8.75. The molecule has 2 saturated heterocycles. The van der Waals surface area contributed by atoms with Gasteiger partial charge in [0, 0.05) is 30.7 Å². The Bertz CT molecular complexity index is 1370. The molecule has 1 amide bonds. The Balaban J connectivity index is 1.48. The van der Waals surface area contributed by atoms with E-state index in [0.29, 0.717) is 6.54 Å². The molecule has 0 radical (unpaired) electrons. The monoisotopic (exact) mass is 507 g/mol. The highest BCUT2D eigenvalue weighted by molar-refractivity contribution is 7.91. The second-order valence-corrected chi connectivity index (χ2v) is 12.6. The fourth-order valence-corrected chi connectivity index (χ4v) is 6.73. The van der Waals surface area contributed by atoms with Gasteiger partial charge < -0.3 is 14.5 Å². The van der Waals surface area contributed by atoms with E-state index in [1.807, 2.05) is 37.8 Å². The Hall–Kier alpha value is -3.13. The summed E-state index contributed by atoms with van der Waals surface area (Å²) >= 11 is 0. The van der Waals surface area contributed by atoms with E-state index in [2.05, 4.69) is 16.0 Å². The number of sulfone groups is 1. The van der Waals surface area contributed by atoms with Gasteiger partial charge in [-0.15, -0.1) is 0 Å². The average molecular weight is 508 g/mol. The fourth-order valence-electron chi connectivity index (χ4n) is 5.47. The Kier molecular flexibility index (Phi) is 6.41. The molecule has 5 rings (SSSR count). The first-order valence-electron chi connectivity index (χ1n) is 12.6. The number of hydrogen-bond acceptors (Lipinski definition) is 6. The minimum atomic E-state index is -3.65. The Morgan fingerprint density at radius 3 is 2.42 bits per heavy atom. The molecule has 2 atom stereocenters. The Labute approximate surface area is 213 Å². The van der Waals surface area contributed by atoms with Crippen molar-refractivity contribution in [2.75, 3.05) is 18.0 Å². The maximum absolute atomic E-state index is 13.2. The molecule has 0 N–H and O–H groups in total. The Morgan fingerprint density at radius 1 is 0.944 bits per heavy atom. The van der Waals surface area contributed by atoms with Gasteiger partial charge in [-0.3, -0.25) is 4.98 Å². The zero-order valence-corrected chi connectivity index (χ0v) is 21.9. The molecule has 0 aliphatic carbocycles. The second-order valence-electron chi connectivity index (χ2n) is 10.6. The van der Waals surface area contributed by atoms with Crippen molar-refractivity contribution in [2.24, 2.45) is 0 Å². The van der Waals surface area contributed by atoms with Gasteiger partial charge in [0.1, 0.15) is 5.60 Å². The molecule has 1 aromatic heterocycles. The predicted molar refractivity (Wildman–Crippen MR) is 140 cm³/mol.